The molecule has 3 amide bonds. The predicted molar refractivity (Wildman–Crippen MR) is 121 cm³/mol. The normalized spacial score (nSPS) is 16.7. The minimum absolute atomic E-state index is 0.0109. The number of aliphatic imine (C=N–C) groups is 1. The van der Waals surface area contributed by atoms with Crippen LogP contribution in [0.2, 0.25) is 0 Å². The monoisotopic (exact) mass is 528 g/mol. The number of carbonyl (C=O) groups excluding carboxylic acids is 3. The molecule has 0 saturated heterocycles. The molecule has 37 heavy (non-hydrogen) atoms. The highest BCUT2D eigenvalue weighted by atomic mass is 19.4. The van der Waals surface area contributed by atoms with E-state index in [9.17, 15) is 40.7 Å². The van der Waals surface area contributed by atoms with Crippen LogP contribution in [0.15, 0.2) is 47.5 Å². The van der Waals surface area contributed by atoms with Crippen LogP contribution >= 0.6 is 0 Å². The third-order valence-electron chi connectivity index (χ3n) is 5.62. The molecule has 7 nitrogen and oxygen atoms in total. The summed E-state index contributed by atoms with van der Waals surface area (Å²) >= 11 is 0. The van der Waals surface area contributed by atoms with Gasteiger partial charge in [-0.3, -0.25) is 14.4 Å². The van der Waals surface area contributed by atoms with Crippen molar-refractivity contribution in [1.29, 1.82) is 0 Å². The number of hydrogen-bond acceptors (Lipinski definition) is 4. The number of halogens is 6. The van der Waals surface area contributed by atoms with Gasteiger partial charge in [0.25, 0.3) is 5.91 Å². The zero-order chi connectivity index (χ0) is 27.5. The number of nitrogens with two attached hydrogens (primary N) is 1. The van der Waals surface area contributed by atoms with Gasteiger partial charge in [0.2, 0.25) is 18.0 Å². The number of alkyl halides is 6. The zero-order valence-corrected chi connectivity index (χ0v) is 19.3. The number of amides is 3. The van der Waals surface area contributed by atoms with Crippen LogP contribution in [0.1, 0.15) is 41.5 Å². The largest absolute Gasteiger partial charge is 0.416 e. The van der Waals surface area contributed by atoms with Gasteiger partial charge in [0, 0.05) is 29.9 Å². The van der Waals surface area contributed by atoms with Gasteiger partial charge < -0.3 is 16.4 Å². The Kier molecular flexibility index (Phi) is 7.94. The molecule has 1 aliphatic rings. The summed E-state index contributed by atoms with van der Waals surface area (Å²) in [5.41, 5.74) is 5.10. The topological polar surface area (TPSA) is 114 Å². The first kappa shape index (κ1) is 27.7. The van der Waals surface area contributed by atoms with Crippen LogP contribution in [-0.2, 0) is 20.6 Å². The molecular formula is C24H22F6N4O3. The molecule has 0 aromatic heterocycles. The fraction of sp³-hybridized carbons (Fsp3) is 0.333. The molecule has 0 radical (unpaired) electrons. The molecule has 2 atom stereocenters. The van der Waals surface area contributed by atoms with Crippen molar-refractivity contribution in [2.75, 3.05) is 5.32 Å². The first-order valence-electron chi connectivity index (χ1n) is 11.0. The molecule has 0 fully saturated rings. The molecule has 13 heteroatoms. The molecule has 0 bridgehead atoms. The van der Waals surface area contributed by atoms with Gasteiger partial charge in [-0.1, -0.05) is 30.3 Å². The number of anilines is 1. The summed E-state index contributed by atoms with van der Waals surface area (Å²) < 4.78 is 78.2. The highest BCUT2D eigenvalue weighted by molar-refractivity contribution is 6.20. The highest BCUT2D eigenvalue weighted by Gasteiger charge is 2.35. The molecule has 1 heterocycles. The molecule has 4 N–H and O–H groups in total. The van der Waals surface area contributed by atoms with Crippen molar-refractivity contribution in [2.24, 2.45) is 16.6 Å². The van der Waals surface area contributed by atoms with E-state index in [0.717, 1.165) is 18.2 Å². The van der Waals surface area contributed by atoms with Crippen LogP contribution in [0.3, 0.4) is 0 Å². The van der Waals surface area contributed by atoms with E-state index in [4.69, 9.17) is 5.73 Å². The van der Waals surface area contributed by atoms with Gasteiger partial charge in [-0.05, 0) is 31.0 Å². The summed E-state index contributed by atoms with van der Waals surface area (Å²) in [4.78, 5) is 41.3. The van der Waals surface area contributed by atoms with E-state index >= 15 is 0 Å². The van der Waals surface area contributed by atoms with Crippen molar-refractivity contribution >= 4 is 29.1 Å². The quantitative estimate of drug-likeness (QED) is 0.471. The first-order valence-corrected chi connectivity index (χ1v) is 11.0. The predicted octanol–water partition coefficient (Wildman–Crippen LogP) is 4.08. The average molecular weight is 528 g/mol. The fourth-order valence-corrected chi connectivity index (χ4v) is 3.81. The van der Waals surface area contributed by atoms with Crippen LogP contribution in [0.4, 0.5) is 32.0 Å². The number of benzene rings is 2. The van der Waals surface area contributed by atoms with E-state index in [1.807, 2.05) is 0 Å². The van der Waals surface area contributed by atoms with E-state index in [1.165, 1.54) is 12.1 Å². The number of carbonyl (C=O) groups is 3. The van der Waals surface area contributed by atoms with Crippen LogP contribution in [0, 0.1) is 12.8 Å². The van der Waals surface area contributed by atoms with Crippen LogP contribution in [-0.4, -0.2) is 35.8 Å². The maximum atomic E-state index is 13.4. The highest BCUT2D eigenvalue weighted by Crippen LogP contribution is 2.32. The Morgan fingerprint density at radius 3 is 2.41 bits per heavy atom. The zero-order valence-electron chi connectivity index (χ0n) is 19.3. The molecule has 3 rings (SSSR count). The Morgan fingerprint density at radius 2 is 1.78 bits per heavy atom. The van der Waals surface area contributed by atoms with E-state index in [-0.39, 0.29) is 22.5 Å². The second-order valence-electron chi connectivity index (χ2n) is 8.48. The summed E-state index contributed by atoms with van der Waals surface area (Å²) in [5, 5.41) is 4.78. The van der Waals surface area contributed by atoms with E-state index in [0.29, 0.717) is 5.56 Å². The number of benzodiazepines with no additional fused rings is 1. The van der Waals surface area contributed by atoms with Crippen molar-refractivity contribution in [3.8, 4) is 0 Å². The minimum atomic E-state index is -4.67. The van der Waals surface area contributed by atoms with Crippen LogP contribution in [0.25, 0.3) is 0 Å². The summed E-state index contributed by atoms with van der Waals surface area (Å²) in [6.07, 6.45) is -13.8. The maximum Gasteiger partial charge on any atom is 0.416 e. The lowest BCUT2D eigenvalue weighted by Crippen LogP contribution is -2.45. The maximum absolute atomic E-state index is 13.4. The smallest absolute Gasteiger partial charge is 0.370 e. The number of nitrogens with one attached hydrogen (secondary N) is 2. The number of hydrogen-bond donors (Lipinski definition) is 3. The molecule has 2 aromatic carbocycles. The van der Waals surface area contributed by atoms with Gasteiger partial charge in [0.1, 0.15) is 0 Å². The molecule has 0 spiro atoms. The summed E-state index contributed by atoms with van der Waals surface area (Å²) in [5.74, 6) is -4.49. The number of nitrogens with zero attached hydrogens (tertiary/aromatic N) is 1. The molecule has 0 saturated carbocycles. The lowest BCUT2D eigenvalue weighted by molar-refractivity contribution is -0.143. The van der Waals surface area contributed by atoms with Crippen LogP contribution < -0.4 is 16.4 Å². The molecule has 1 aliphatic heterocycles. The second-order valence-corrected chi connectivity index (χ2v) is 8.48. The van der Waals surface area contributed by atoms with E-state index in [1.54, 1.807) is 19.1 Å². The molecule has 0 unspecified atom stereocenters. The van der Waals surface area contributed by atoms with Gasteiger partial charge in [0.05, 0.1) is 17.0 Å². The minimum Gasteiger partial charge on any atom is -0.370 e. The third kappa shape index (κ3) is 7.08. The lowest BCUT2D eigenvalue weighted by Gasteiger charge is -2.19. The number of fused-ring (bicyclic) bond motifs is 1. The summed E-state index contributed by atoms with van der Waals surface area (Å²) in [6.45, 7) is 1.64. The van der Waals surface area contributed by atoms with E-state index < -0.39 is 67.0 Å². The van der Waals surface area contributed by atoms with Crippen LogP contribution in [0.5, 0.6) is 0 Å². The van der Waals surface area contributed by atoms with Crippen molar-refractivity contribution in [3.05, 3.63) is 64.7 Å². The van der Waals surface area contributed by atoms with Crippen molar-refractivity contribution < 1.29 is 40.7 Å². The molecule has 2 aromatic rings. The molecule has 0 aliphatic carbocycles. The number of para-hydroxylation sites is 1. The van der Waals surface area contributed by atoms with Gasteiger partial charge in [-0.2, -0.15) is 26.3 Å². The Bertz CT molecular complexity index is 1240. The Morgan fingerprint density at radius 1 is 1.11 bits per heavy atom. The fourth-order valence-electron chi connectivity index (χ4n) is 3.81. The summed E-state index contributed by atoms with van der Waals surface area (Å²) in [6, 6.07) is 8.95. The number of primary amides is 1. The van der Waals surface area contributed by atoms with E-state index in [2.05, 4.69) is 15.6 Å². The average Bonchev–Trinajstić information content (AvgIpc) is 2.93. The molecule has 198 valence electrons. The Hall–Kier alpha value is -3.90. The Balaban J connectivity index is 2.03. The first-order chi connectivity index (χ1) is 17.2. The lowest BCUT2D eigenvalue weighted by atomic mass is 9.97. The SMILES string of the molecule is Cc1cccc2c1NC(=O)[C@@H](NC(=O)[C@H](CCC(F)(F)F)CC(N)=O)N=C2c1cccc(C(F)(F)F)c1. The van der Waals surface area contributed by atoms with Crippen molar-refractivity contribution in [2.45, 2.75) is 44.7 Å². The third-order valence-corrected chi connectivity index (χ3v) is 5.62. The standard InChI is InChI=1S/C24H22F6N4O3/c1-12-4-2-7-16-18(12)33-22(37)20(32-19(16)13-5-3-6-15(10-13)24(28,29)30)34-21(36)14(11-17(31)35)8-9-23(25,26)27/h2-7,10,14,20H,8-9,11H2,1H3,(H2,31,35)(H,33,37)(H,34,36)/t14-,20-/m1/s1. The Labute approximate surface area is 207 Å². The van der Waals surface area contributed by atoms with Gasteiger partial charge in [-0.25, -0.2) is 4.99 Å². The number of aryl methyl sites for hydroxylation is 1. The van der Waals surface area contributed by atoms with Crippen molar-refractivity contribution in [1.82, 2.24) is 5.32 Å². The molecular weight excluding hydrogens is 506 g/mol. The van der Waals surface area contributed by atoms with Crippen molar-refractivity contribution in [3.63, 3.8) is 0 Å². The van der Waals surface area contributed by atoms with Gasteiger partial charge in [0.15, 0.2) is 0 Å². The summed E-state index contributed by atoms with van der Waals surface area (Å²) in [7, 11) is 0. The number of rotatable bonds is 7. The van der Waals surface area contributed by atoms with Gasteiger partial charge in [-0.15, -0.1) is 0 Å². The second kappa shape index (κ2) is 10.6. The van der Waals surface area contributed by atoms with Gasteiger partial charge >= 0.3 is 12.4 Å².